The van der Waals surface area contributed by atoms with Gasteiger partial charge < -0.3 is 30.3 Å². The molecule has 0 radical (unpaired) electrons. The van der Waals surface area contributed by atoms with E-state index >= 15 is 0 Å². The van der Waals surface area contributed by atoms with Crippen molar-refractivity contribution in [1.29, 1.82) is 0 Å². The van der Waals surface area contributed by atoms with E-state index in [-0.39, 0.29) is 25.9 Å². The molecule has 0 saturated carbocycles. The summed E-state index contributed by atoms with van der Waals surface area (Å²) in [5, 5.41) is 43.4. The Bertz CT molecular complexity index is 840. The van der Waals surface area contributed by atoms with Gasteiger partial charge in [-0.1, -0.05) is 77.0 Å². The molecule has 12 nitrogen and oxygen atoms in total. The van der Waals surface area contributed by atoms with Crippen molar-refractivity contribution in [1.82, 2.24) is 0 Å². The van der Waals surface area contributed by atoms with Crippen LogP contribution in [0.4, 0.5) is 0 Å². The molecule has 0 aliphatic heterocycles. The quantitative estimate of drug-likeness (QED) is 0.0454. The van der Waals surface area contributed by atoms with Crippen LogP contribution in [0.15, 0.2) is 0 Å². The molecule has 0 aliphatic rings. The molecular formula is C33H58O12. The minimum atomic E-state index is -2.22. The molecule has 0 spiro atoms. The maximum absolute atomic E-state index is 12.8. The Kier molecular flexibility index (Phi) is 27.2. The molecule has 0 aromatic heterocycles. The van der Waals surface area contributed by atoms with Crippen LogP contribution in [0.25, 0.3) is 0 Å². The second-order valence-electron chi connectivity index (χ2n) is 11.6. The number of hydrogen-bond donors (Lipinski definition) is 5. The minimum Gasteiger partial charge on any atom is -0.481 e. The standard InChI is InChI=1S/C27H48O8.C6H10O4/c1-21(30)25(27(22(2)31,23(3)32)26(34)35-20-24(33)19-29)17-15-13-11-9-7-5-4-6-8-10-12-14-16-18-28;7-5(8)3-1-2-4-6(9)10/h24-25,28-29,33H,4-20H2,1-3H3;1-4H2,(H,7,8)(H,9,10). The van der Waals surface area contributed by atoms with Crippen LogP contribution in [-0.4, -0.2) is 86.7 Å². The molecule has 0 aromatic rings. The van der Waals surface area contributed by atoms with Gasteiger partial charge in [0.05, 0.1) is 6.61 Å². The number of carbonyl (C=O) groups is 6. The van der Waals surface area contributed by atoms with Gasteiger partial charge in [0.2, 0.25) is 0 Å². The maximum Gasteiger partial charge on any atom is 0.328 e. The Balaban J connectivity index is 0. The van der Waals surface area contributed by atoms with Gasteiger partial charge in [-0.05, 0) is 46.5 Å². The number of aliphatic hydroxyl groups is 3. The Morgan fingerprint density at radius 1 is 0.600 bits per heavy atom. The minimum absolute atomic E-state index is 0.0628. The molecular weight excluding hydrogens is 588 g/mol. The number of carboxylic acid groups (broad SMARTS) is 2. The van der Waals surface area contributed by atoms with E-state index in [2.05, 4.69) is 0 Å². The van der Waals surface area contributed by atoms with Crippen LogP contribution in [-0.2, 0) is 33.5 Å². The van der Waals surface area contributed by atoms with Crippen molar-refractivity contribution < 1.29 is 59.0 Å². The molecule has 0 heterocycles. The molecule has 0 saturated heterocycles. The number of hydrogen-bond acceptors (Lipinski definition) is 10. The number of carboxylic acids is 2. The fourth-order valence-electron chi connectivity index (χ4n) is 5.19. The third-order valence-corrected chi connectivity index (χ3v) is 7.75. The topological polar surface area (TPSA) is 213 Å². The Hall–Kier alpha value is -2.70. The van der Waals surface area contributed by atoms with Gasteiger partial charge in [-0.25, -0.2) is 0 Å². The zero-order chi connectivity index (χ0) is 34.7. The highest BCUT2D eigenvalue weighted by Crippen LogP contribution is 2.37. The highest BCUT2D eigenvalue weighted by Gasteiger charge is 2.57. The number of Topliss-reactive ketones (excluding diaryl/α,β-unsaturated/α-hetero) is 3. The van der Waals surface area contributed by atoms with Crippen LogP contribution in [0, 0.1) is 11.3 Å². The molecule has 0 rings (SSSR count). The van der Waals surface area contributed by atoms with E-state index < -0.39 is 65.9 Å². The summed E-state index contributed by atoms with van der Waals surface area (Å²) in [6.45, 7) is 2.57. The molecule has 2 atom stereocenters. The second-order valence-corrected chi connectivity index (χ2v) is 11.6. The molecule has 0 amide bonds. The number of rotatable bonds is 28. The van der Waals surface area contributed by atoms with Crippen LogP contribution in [0.5, 0.6) is 0 Å². The summed E-state index contributed by atoms with van der Waals surface area (Å²) in [5.74, 6) is -5.92. The lowest BCUT2D eigenvalue weighted by Crippen LogP contribution is -2.53. The van der Waals surface area contributed by atoms with Crippen molar-refractivity contribution in [2.75, 3.05) is 19.8 Å². The van der Waals surface area contributed by atoms with Crippen LogP contribution in [0.1, 0.15) is 136 Å². The van der Waals surface area contributed by atoms with Crippen LogP contribution >= 0.6 is 0 Å². The van der Waals surface area contributed by atoms with Gasteiger partial charge in [0.25, 0.3) is 0 Å². The number of aliphatic carboxylic acids is 2. The van der Waals surface area contributed by atoms with Gasteiger partial charge in [-0.15, -0.1) is 0 Å². The van der Waals surface area contributed by atoms with E-state index in [4.69, 9.17) is 25.2 Å². The fourth-order valence-corrected chi connectivity index (χ4v) is 5.19. The van der Waals surface area contributed by atoms with Gasteiger partial charge in [0.15, 0.2) is 17.0 Å². The van der Waals surface area contributed by atoms with E-state index in [0.717, 1.165) is 52.4 Å². The largest absolute Gasteiger partial charge is 0.481 e. The monoisotopic (exact) mass is 646 g/mol. The Labute approximate surface area is 267 Å². The average Bonchev–Trinajstić information content (AvgIpc) is 2.97. The van der Waals surface area contributed by atoms with Crippen molar-refractivity contribution in [2.45, 2.75) is 142 Å². The number of carbonyl (C=O) groups excluding carboxylic acids is 4. The van der Waals surface area contributed by atoms with Crippen LogP contribution in [0.3, 0.4) is 0 Å². The predicted molar refractivity (Wildman–Crippen MR) is 167 cm³/mol. The zero-order valence-corrected chi connectivity index (χ0v) is 27.6. The van der Waals surface area contributed by atoms with Crippen LogP contribution in [0.2, 0.25) is 0 Å². The summed E-state index contributed by atoms with van der Waals surface area (Å²) >= 11 is 0. The number of esters is 1. The highest BCUT2D eigenvalue weighted by atomic mass is 16.5. The van der Waals surface area contributed by atoms with Crippen molar-refractivity contribution in [3.05, 3.63) is 0 Å². The third-order valence-electron chi connectivity index (χ3n) is 7.75. The summed E-state index contributed by atoms with van der Waals surface area (Å²) < 4.78 is 4.99. The SMILES string of the molecule is CC(=O)C(CCCCCCCCCCCCCCCO)C(C(C)=O)(C(C)=O)C(=O)OCC(O)CO.O=C(O)CCCCC(=O)O. The maximum atomic E-state index is 12.8. The molecule has 5 N–H and O–H groups in total. The van der Waals surface area contributed by atoms with E-state index in [1.807, 2.05) is 0 Å². The van der Waals surface area contributed by atoms with Gasteiger partial charge >= 0.3 is 17.9 Å². The van der Waals surface area contributed by atoms with Crippen molar-refractivity contribution >= 4 is 35.3 Å². The first-order chi connectivity index (χ1) is 21.3. The lowest BCUT2D eigenvalue weighted by molar-refractivity contribution is -0.172. The van der Waals surface area contributed by atoms with Crippen LogP contribution < -0.4 is 0 Å². The van der Waals surface area contributed by atoms with Gasteiger partial charge in [-0.3, -0.25) is 28.8 Å². The van der Waals surface area contributed by atoms with E-state index in [1.54, 1.807) is 0 Å². The van der Waals surface area contributed by atoms with Gasteiger partial charge in [-0.2, -0.15) is 0 Å². The molecule has 0 bridgehead atoms. The average molecular weight is 647 g/mol. The molecule has 0 aliphatic carbocycles. The number of ether oxygens (including phenoxy) is 1. The molecule has 45 heavy (non-hydrogen) atoms. The lowest BCUT2D eigenvalue weighted by Gasteiger charge is -2.33. The van der Waals surface area contributed by atoms with Gasteiger partial charge in [0, 0.05) is 25.4 Å². The first-order valence-corrected chi connectivity index (χ1v) is 16.3. The number of aliphatic hydroxyl groups excluding tert-OH is 3. The molecule has 0 fully saturated rings. The summed E-state index contributed by atoms with van der Waals surface area (Å²) in [6.07, 6.45) is 13.9. The molecule has 12 heteroatoms. The highest BCUT2D eigenvalue weighted by molar-refractivity contribution is 6.23. The normalized spacial score (nSPS) is 12.4. The van der Waals surface area contributed by atoms with Crippen molar-refractivity contribution in [3.8, 4) is 0 Å². The van der Waals surface area contributed by atoms with E-state index in [9.17, 15) is 33.9 Å². The summed E-state index contributed by atoms with van der Waals surface area (Å²) in [4.78, 5) is 70.2. The summed E-state index contributed by atoms with van der Waals surface area (Å²) in [7, 11) is 0. The summed E-state index contributed by atoms with van der Waals surface area (Å²) in [5.41, 5.74) is -2.22. The first kappa shape index (κ1) is 44.4. The third kappa shape index (κ3) is 20.9. The molecule has 0 aromatic carbocycles. The lowest BCUT2D eigenvalue weighted by atomic mass is 9.66. The van der Waals surface area contributed by atoms with Crippen molar-refractivity contribution in [3.63, 3.8) is 0 Å². The molecule has 2 unspecified atom stereocenters. The van der Waals surface area contributed by atoms with E-state index in [0.29, 0.717) is 19.3 Å². The number of unbranched alkanes of at least 4 members (excludes halogenated alkanes) is 13. The summed E-state index contributed by atoms with van der Waals surface area (Å²) in [6, 6.07) is 0. The van der Waals surface area contributed by atoms with E-state index in [1.165, 1.54) is 45.4 Å². The number of ketones is 3. The Morgan fingerprint density at radius 3 is 1.29 bits per heavy atom. The smallest absolute Gasteiger partial charge is 0.328 e. The first-order valence-electron chi connectivity index (χ1n) is 16.3. The Morgan fingerprint density at radius 2 is 0.978 bits per heavy atom. The predicted octanol–water partition coefficient (Wildman–Crippen LogP) is 4.42. The van der Waals surface area contributed by atoms with Crippen molar-refractivity contribution in [2.24, 2.45) is 11.3 Å². The molecule has 262 valence electrons. The van der Waals surface area contributed by atoms with Gasteiger partial charge in [0.1, 0.15) is 18.5 Å². The fraction of sp³-hybridized carbons (Fsp3) is 0.818. The zero-order valence-electron chi connectivity index (χ0n) is 27.6. The second kappa shape index (κ2) is 27.6.